The van der Waals surface area contributed by atoms with Gasteiger partial charge in [0.1, 0.15) is 5.75 Å². The molecule has 1 saturated heterocycles. The molecule has 7 nitrogen and oxygen atoms in total. The van der Waals surface area contributed by atoms with Crippen molar-refractivity contribution in [3.05, 3.63) is 54.1 Å². The van der Waals surface area contributed by atoms with Gasteiger partial charge in [0.25, 0.3) is 0 Å². The van der Waals surface area contributed by atoms with Crippen molar-refractivity contribution >= 4 is 21.7 Å². The minimum absolute atomic E-state index is 0.0309. The SMILES string of the molecule is O=C(O)Cc1cccc(S(=O)(=O)N2CCN(c3ccc(OC(F)(F)F)cc3)CC2)c1. The van der Waals surface area contributed by atoms with Crippen LogP contribution >= 0.6 is 0 Å². The van der Waals surface area contributed by atoms with Crippen LogP contribution in [0.3, 0.4) is 0 Å². The van der Waals surface area contributed by atoms with Gasteiger partial charge in [-0.1, -0.05) is 12.1 Å². The van der Waals surface area contributed by atoms with Crippen molar-refractivity contribution in [3.63, 3.8) is 0 Å². The van der Waals surface area contributed by atoms with E-state index in [0.29, 0.717) is 24.3 Å². The van der Waals surface area contributed by atoms with E-state index in [4.69, 9.17) is 5.11 Å². The molecule has 0 bridgehead atoms. The lowest BCUT2D eigenvalue weighted by atomic mass is 10.2. The van der Waals surface area contributed by atoms with Gasteiger partial charge in [-0.3, -0.25) is 4.79 Å². The van der Waals surface area contributed by atoms with E-state index in [0.717, 1.165) is 0 Å². The molecule has 0 unspecified atom stereocenters. The number of halogens is 3. The number of rotatable bonds is 6. The second kappa shape index (κ2) is 8.52. The average molecular weight is 444 g/mol. The number of alkyl halides is 3. The van der Waals surface area contributed by atoms with Gasteiger partial charge in [0.05, 0.1) is 11.3 Å². The Bertz CT molecular complexity index is 1000. The maximum absolute atomic E-state index is 12.9. The maximum atomic E-state index is 12.9. The smallest absolute Gasteiger partial charge is 0.481 e. The fourth-order valence-electron chi connectivity index (χ4n) is 3.18. The largest absolute Gasteiger partial charge is 0.573 e. The fourth-order valence-corrected chi connectivity index (χ4v) is 4.68. The summed E-state index contributed by atoms with van der Waals surface area (Å²) in [7, 11) is -3.78. The van der Waals surface area contributed by atoms with E-state index in [-0.39, 0.29) is 30.2 Å². The lowest BCUT2D eigenvalue weighted by Gasteiger charge is -2.35. The number of hydrogen-bond acceptors (Lipinski definition) is 5. The molecule has 2 aromatic carbocycles. The quantitative estimate of drug-likeness (QED) is 0.737. The van der Waals surface area contributed by atoms with E-state index in [9.17, 15) is 26.4 Å². The molecular weight excluding hydrogens is 425 g/mol. The number of hydrogen-bond donors (Lipinski definition) is 1. The number of nitrogens with zero attached hydrogens (tertiary/aromatic N) is 2. The third-order valence-corrected chi connectivity index (χ3v) is 6.46. The zero-order chi connectivity index (χ0) is 21.9. The van der Waals surface area contributed by atoms with Gasteiger partial charge in [0, 0.05) is 31.9 Å². The molecule has 1 fully saturated rings. The predicted molar refractivity (Wildman–Crippen MR) is 102 cm³/mol. The van der Waals surface area contributed by atoms with Crippen LogP contribution in [0.25, 0.3) is 0 Å². The van der Waals surface area contributed by atoms with Crippen molar-refractivity contribution in [2.24, 2.45) is 0 Å². The molecule has 11 heteroatoms. The number of anilines is 1. The Morgan fingerprint density at radius 2 is 1.67 bits per heavy atom. The number of carbonyl (C=O) groups is 1. The minimum Gasteiger partial charge on any atom is -0.481 e. The Labute approximate surface area is 171 Å². The second-order valence-electron chi connectivity index (χ2n) is 6.65. The van der Waals surface area contributed by atoms with Gasteiger partial charge in [-0.05, 0) is 42.0 Å². The summed E-state index contributed by atoms with van der Waals surface area (Å²) in [5, 5.41) is 8.89. The summed E-state index contributed by atoms with van der Waals surface area (Å²) in [5.41, 5.74) is 1.05. The lowest BCUT2D eigenvalue weighted by Crippen LogP contribution is -2.48. The molecule has 0 amide bonds. The summed E-state index contributed by atoms with van der Waals surface area (Å²) in [6.45, 7) is 1.08. The van der Waals surface area contributed by atoms with Gasteiger partial charge in [0.2, 0.25) is 10.0 Å². The van der Waals surface area contributed by atoms with Crippen molar-refractivity contribution in [2.75, 3.05) is 31.1 Å². The van der Waals surface area contributed by atoms with Crippen LogP contribution in [0.1, 0.15) is 5.56 Å². The highest BCUT2D eigenvalue weighted by Gasteiger charge is 2.31. The highest BCUT2D eigenvalue weighted by Crippen LogP contribution is 2.27. The van der Waals surface area contributed by atoms with E-state index in [1.54, 1.807) is 6.07 Å². The molecule has 0 aromatic heterocycles. The summed E-state index contributed by atoms with van der Waals surface area (Å²) in [5.74, 6) is -1.38. The van der Waals surface area contributed by atoms with E-state index >= 15 is 0 Å². The Kier molecular flexibility index (Phi) is 6.22. The van der Waals surface area contributed by atoms with Crippen LogP contribution in [0.5, 0.6) is 5.75 Å². The summed E-state index contributed by atoms with van der Waals surface area (Å²) in [6, 6.07) is 11.2. The third-order valence-electron chi connectivity index (χ3n) is 4.57. The fraction of sp³-hybridized carbons (Fsp3) is 0.316. The van der Waals surface area contributed by atoms with Gasteiger partial charge >= 0.3 is 12.3 Å². The van der Waals surface area contributed by atoms with Gasteiger partial charge in [0.15, 0.2) is 0 Å². The van der Waals surface area contributed by atoms with Crippen molar-refractivity contribution in [1.29, 1.82) is 0 Å². The molecule has 1 heterocycles. The number of aliphatic carboxylic acids is 1. The van der Waals surface area contributed by atoms with Crippen LogP contribution in [-0.2, 0) is 21.2 Å². The summed E-state index contributed by atoms with van der Waals surface area (Å²) in [6.07, 6.45) is -5.03. The number of carboxylic acids is 1. The highest BCUT2D eigenvalue weighted by molar-refractivity contribution is 7.89. The Morgan fingerprint density at radius 3 is 2.23 bits per heavy atom. The Hall–Kier alpha value is -2.79. The molecule has 1 N–H and O–H groups in total. The van der Waals surface area contributed by atoms with Gasteiger partial charge in [-0.2, -0.15) is 4.31 Å². The highest BCUT2D eigenvalue weighted by atomic mass is 32.2. The van der Waals surface area contributed by atoms with Gasteiger partial charge in [-0.15, -0.1) is 13.2 Å². The number of ether oxygens (including phenoxy) is 1. The second-order valence-corrected chi connectivity index (χ2v) is 8.59. The first-order valence-electron chi connectivity index (χ1n) is 8.96. The first kappa shape index (κ1) is 21.9. The molecular formula is C19H19F3N2O5S. The zero-order valence-electron chi connectivity index (χ0n) is 15.7. The lowest BCUT2D eigenvalue weighted by molar-refractivity contribution is -0.274. The maximum Gasteiger partial charge on any atom is 0.573 e. The van der Waals surface area contributed by atoms with Crippen molar-refractivity contribution in [1.82, 2.24) is 4.31 Å². The number of sulfonamides is 1. The number of piperazine rings is 1. The monoisotopic (exact) mass is 444 g/mol. The van der Waals surface area contributed by atoms with Crippen LogP contribution in [0.2, 0.25) is 0 Å². The molecule has 1 aliphatic heterocycles. The first-order valence-corrected chi connectivity index (χ1v) is 10.4. The van der Waals surface area contributed by atoms with Gasteiger partial charge in [-0.25, -0.2) is 8.42 Å². The molecule has 0 spiro atoms. The van der Waals surface area contributed by atoms with Crippen molar-refractivity contribution in [3.8, 4) is 5.75 Å². The standard InChI is InChI=1S/C19H19F3N2O5S/c20-19(21,22)29-16-6-4-15(5-7-16)23-8-10-24(11-9-23)30(27,28)17-3-1-2-14(12-17)13-18(25)26/h1-7,12H,8-11,13H2,(H,25,26). The predicted octanol–water partition coefficient (Wildman–Crippen LogP) is 2.72. The molecule has 0 atom stereocenters. The normalized spacial score (nSPS) is 15.8. The van der Waals surface area contributed by atoms with Crippen molar-refractivity contribution in [2.45, 2.75) is 17.7 Å². The molecule has 0 radical (unpaired) electrons. The van der Waals surface area contributed by atoms with E-state index < -0.39 is 22.4 Å². The van der Waals surface area contributed by atoms with Crippen LogP contribution in [0.4, 0.5) is 18.9 Å². The summed E-state index contributed by atoms with van der Waals surface area (Å²) >= 11 is 0. The third kappa shape index (κ3) is 5.42. The topological polar surface area (TPSA) is 87.1 Å². The molecule has 0 aliphatic carbocycles. The zero-order valence-corrected chi connectivity index (χ0v) is 16.5. The van der Waals surface area contributed by atoms with Crippen LogP contribution < -0.4 is 9.64 Å². The minimum atomic E-state index is -4.76. The van der Waals surface area contributed by atoms with Gasteiger partial charge < -0.3 is 14.7 Å². The number of carboxylic acid groups (broad SMARTS) is 1. The van der Waals surface area contributed by atoms with E-state index in [1.165, 1.54) is 46.8 Å². The van der Waals surface area contributed by atoms with E-state index in [2.05, 4.69) is 4.74 Å². The van der Waals surface area contributed by atoms with Crippen LogP contribution in [0.15, 0.2) is 53.4 Å². The Balaban J connectivity index is 1.65. The van der Waals surface area contributed by atoms with Crippen LogP contribution in [0, 0.1) is 0 Å². The van der Waals surface area contributed by atoms with Crippen LogP contribution in [-0.4, -0.2) is 56.3 Å². The molecule has 2 aromatic rings. The van der Waals surface area contributed by atoms with Crippen molar-refractivity contribution < 1.29 is 36.2 Å². The Morgan fingerprint density at radius 1 is 1.03 bits per heavy atom. The molecule has 0 saturated carbocycles. The molecule has 3 rings (SSSR count). The summed E-state index contributed by atoms with van der Waals surface area (Å²) < 4.78 is 67.7. The molecule has 30 heavy (non-hydrogen) atoms. The number of benzene rings is 2. The van der Waals surface area contributed by atoms with E-state index in [1.807, 2.05) is 4.90 Å². The summed E-state index contributed by atoms with van der Waals surface area (Å²) in [4.78, 5) is 12.8. The average Bonchev–Trinajstić information content (AvgIpc) is 2.67. The first-order chi connectivity index (χ1) is 14.0. The molecule has 162 valence electrons. The molecule has 1 aliphatic rings.